The number of anilines is 2. The minimum Gasteiger partial charge on any atom is -0.492 e. The van der Waals surface area contributed by atoms with Crippen molar-refractivity contribution in [1.29, 1.82) is 0 Å². The van der Waals surface area contributed by atoms with Crippen molar-refractivity contribution in [1.82, 2.24) is 15.2 Å². The van der Waals surface area contributed by atoms with Gasteiger partial charge in [0.1, 0.15) is 11.6 Å². The summed E-state index contributed by atoms with van der Waals surface area (Å²) in [5, 5.41) is 6.07. The van der Waals surface area contributed by atoms with Crippen molar-refractivity contribution >= 4 is 17.4 Å². The van der Waals surface area contributed by atoms with E-state index in [4.69, 9.17) is 4.74 Å². The average molecular weight is 328 g/mol. The van der Waals surface area contributed by atoms with Gasteiger partial charge in [0.2, 0.25) is 0 Å². The topological polar surface area (TPSA) is 66.5 Å². The number of nitrogens with zero attached hydrogens (tertiary/aromatic N) is 2. The monoisotopic (exact) mass is 328 g/mol. The number of pyridine rings is 1. The molecule has 0 saturated carbocycles. The summed E-state index contributed by atoms with van der Waals surface area (Å²) in [4.78, 5) is 18.3. The first-order valence-corrected chi connectivity index (χ1v) is 7.98. The second-order valence-electron chi connectivity index (χ2n) is 5.55. The molecular formula is C18H24N4O2. The molecule has 6 heteroatoms. The van der Waals surface area contributed by atoms with Crippen LogP contribution in [0, 0.1) is 0 Å². The number of likely N-dealkylation sites (N-methyl/N-ethyl adjacent to an activating group) is 1. The van der Waals surface area contributed by atoms with Crippen LogP contribution in [0.25, 0.3) is 0 Å². The maximum Gasteiger partial charge on any atom is 0.252 e. The van der Waals surface area contributed by atoms with Gasteiger partial charge in [-0.05, 0) is 45.3 Å². The van der Waals surface area contributed by atoms with Gasteiger partial charge in [-0.2, -0.15) is 0 Å². The predicted molar refractivity (Wildman–Crippen MR) is 96.0 cm³/mol. The van der Waals surface area contributed by atoms with Crippen molar-refractivity contribution < 1.29 is 9.53 Å². The summed E-state index contributed by atoms with van der Waals surface area (Å²) >= 11 is 0. The van der Waals surface area contributed by atoms with Gasteiger partial charge in [-0.25, -0.2) is 4.98 Å². The quantitative estimate of drug-likeness (QED) is 0.779. The van der Waals surface area contributed by atoms with E-state index in [1.54, 1.807) is 18.3 Å². The van der Waals surface area contributed by atoms with Crippen LogP contribution < -0.4 is 15.4 Å². The summed E-state index contributed by atoms with van der Waals surface area (Å²) in [6.45, 7) is 3.94. The minimum absolute atomic E-state index is 0.120. The van der Waals surface area contributed by atoms with Gasteiger partial charge in [0.15, 0.2) is 0 Å². The fraction of sp³-hybridized carbons (Fsp3) is 0.333. The molecule has 0 aliphatic rings. The largest absolute Gasteiger partial charge is 0.492 e. The lowest BCUT2D eigenvalue weighted by atomic mass is 10.2. The Labute approximate surface area is 142 Å². The molecule has 2 aromatic rings. The summed E-state index contributed by atoms with van der Waals surface area (Å²) < 4.78 is 5.58. The molecule has 0 aliphatic carbocycles. The molecule has 0 fully saturated rings. The van der Waals surface area contributed by atoms with E-state index >= 15 is 0 Å². The standard InChI is InChI=1S/C18H24N4O2/c1-4-24-16-8-6-5-7-15(16)21-17-10-9-14(13-20-17)18(23)19-11-12-22(2)3/h5-10,13H,4,11-12H2,1-3H3,(H,19,23)(H,20,21). The van der Waals surface area contributed by atoms with Crippen LogP contribution in [0.3, 0.4) is 0 Å². The first-order valence-electron chi connectivity index (χ1n) is 7.98. The number of para-hydroxylation sites is 2. The minimum atomic E-state index is -0.120. The lowest BCUT2D eigenvalue weighted by Gasteiger charge is -2.12. The first kappa shape index (κ1) is 17.7. The molecule has 0 spiro atoms. The van der Waals surface area contributed by atoms with Gasteiger partial charge in [-0.1, -0.05) is 12.1 Å². The highest BCUT2D eigenvalue weighted by molar-refractivity contribution is 5.94. The smallest absolute Gasteiger partial charge is 0.252 e. The summed E-state index contributed by atoms with van der Waals surface area (Å²) in [6.07, 6.45) is 1.57. The number of hydrogen-bond acceptors (Lipinski definition) is 5. The molecular weight excluding hydrogens is 304 g/mol. The maximum absolute atomic E-state index is 12.0. The molecule has 6 nitrogen and oxygen atoms in total. The molecule has 0 atom stereocenters. The average Bonchev–Trinajstić information content (AvgIpc) is 2.57. The van der Waals surface area contributed by atoms with E-state index in [0.717, 1.165) is 18.0 Å². The third kappa shape index (κ3) is 5.24. The van der Waals surface area contributed by atoms with Gasteiger partial charge >= 0.3 is 0 Å². The molecule has 0 unspecified atom stereocenters. The molecule has 1 amide bonds. The lowest BCUT2D eigenvalue weighted by Crippen LogP contribution is -2.31. The second kappa shape index (κ2) is 8.88. The molecule has 0 aliphatic heterocycles. The normalized spacial score (nSPS) is 10.5. The van der Waals surface area contributed by atoms with Crippen LogP contribution in [0.5, 0.6) is 5.75 Å². The van der Waals surface area contributed by atoms with Crippen molar-refractivity contribution in [2.45, 2.75) is 6.92 Å². The van der Waals surface area contributed by atoms with E-state index in [-0.39, 0.29) is 5.91 Å². The van der Waals surface area contributed by atoms with Crippen LogP contribution in [0.1, 0.15) is 17.3 Å². The second-order valence-corrected chi connectivity index (χ2v) is 5.55. The molecule has 1 heterocycles. The maximum atomic E-state index is 12.0. The zero-order valence-electron chi connectivity index (χ0n) is 14.4. The highest BCUT2D eigenvalue weighted by atomic mass is 16.5. The Hall–Kier alpha value is -2.60. The van der Waals surface area contributed by atoms with E-state index in [1.165, 1.54) is 0 Å². The molecule has 24 heavy (non-hydrogen) atoms. The first-order chi connectivity index (χ1) is 11.6. The van der Waals surface area contributed by atoms with Crippen molar-refractivity contribution in [3.63, 3.8) is 0 Å². The molecule has 2 N–H and O–H groups in total. The van der Waals surface area contributed by atoms with E-state index < -0.39 is 0 Å². The third-order valence-corrected chi connectivity index (χ3v) is 3.32. The molecule has 0 radical (unpaired) electrons. The van der Waals surface area contributed by atoms with Crippen molar-refractivity contribution in [3.8, 4) is 5.75 Å². The van der Waals surface area contributed by atoms with Crippen LogP contribution in [0.2, 0.25) is 0 Å². The van der Waals surface area contributed by atoms with Crippen molar-refractivity contribution in [2.24, 2.45) is 0 Å². The molecule has 2 rings (SSSR count). The number of carbonyl (C=O) groups excluding carboxylic acids is 1. The van der Waals surface area contributed by atoms with Gasteiger partial charge in [0.25, 0.3) is 5.91 Å². The number of carbonyl (C=O) groups is 1. The Morgan fingerprint density at radius 2 is 2.00 bits per heavy atom. The Bertz CT molecular complexity index is 656. The molecule has 0 bridgehead atoms. The number of nitrogens with one attached hydrogen (secondary N) is 2. The van der Waals surface area contributed by atoms with Gasteiger partial charge in [-0.3, -0.25) is 4.79 Å². The Morgan fingerprint density at radius 3 is 2.67 bits per heavy atom. The number of aromatic nitrogens is 1. The third-order valence-electron chi connectivity index (χ3n) is 3.32. The predicted octanol–water partition coefficient (Wildman–Crippen LogP) is 2.52. The van der Waals surface area contributed by atoms with E-state index in [2.05, 4.69) is 15.6 Å². The molecule has 128 valence electrons. The van der Waals surface area contributed by atoms with Crippen LogP contribution in [0.15, 0.2) is 42.6 Å². The summed E-state index contributed by atoms with van der Waals surface area (Å²) in [7, 11) is 3.93. The molecule has 1 aromatic carbocycles. The summed E-state index contributed by atoms with van der Waals surface area (Å²) in [6, 6.07) is 11.2. The van der Waals surface area contributed by atoms with E-state index in [9.17, 15) is 4.79 Å². The molecule has 1 aromatic heterocycles. The van der Waals surface area contributed by atoms with Crippen LogP contribution >= 0.6 is 0 Å². The van der Waals surface area contributed by atoms with E-state index in [0.29, 0.717) is 24.5 Å². The van der Waals surface area contributed by atoms with Crippen LogP contribution in [-0.2, 0) is 0 Å². The number of rotatable bonds is 8. The van der Waals surface area contributed by atoms with Crippen molar-refractivity contribution in [2.75, 3.05) is 39.1 Å². The van der Waals surface area contributed by atoms with Crippen LogP contribution in [-0.4, -0.2) is 49.6 Å². The van der Waals surface area contributed by atoms with Gasteiger partial charge in [0, 0.05) is 19.3 Å². The number of amides is 1. The number of hydrogen-bond donors (Lipinski definition) is 2. The van der Waals surface area contributed by atoms with Crippen LogP contribution in [0.4, 0.5) is 11.5 Å². The Kier molecular flexibility index (Phi) is 6.57. The highest BCUT2D eigenvalue weighted by Gasteiger charge is 2.07. The fourth-order valence-electron chi connectivity index (χ4n) is 2.09. The van der Waals surface area contributed by atoms with Crippen molar-refractivity contribution in [3.05, 3.63) is 48.2 Å². The molecule has 0 saturated heterocycles. The van der Waals surface area contributed by atoms with Gasteiger partial charge < -0.3 is 20.3 Å². The zero-order valence-corrected chi connectivity index (χ0v) is 14.4. The van der Waals surface area contributed by atoms with Gasteiger partial charge in [-0.15, -0.1) is 0 Å². The Morgan fingerprint density at radius 1 is 1.21 bits per heavy atom. The van der Waals surface area contributed by atoms with Gasteiger partial charge in [0.05, 0.1) is 17.9 Å². The zero-order chi connectivity index (χ0) is 17.4. The SMILES string of the molecule is CCOc1ccccc1Nc1ccc(C(=O)NCCN(C)C)cn1. The lowest BCUT2D eigenvalue weighted by molar-refractivity contribution is 0.0950. The Balaban J connectivity index is 1.98. The highest BCUT2D eigenvalue weighted by Crippen LogP contribution is 2.26. The number of benzene rings is 1. The summed E-state index contributed by atoms with van der Waals surface area (Å²) in [5.41, 5.74) is 1.38. The summed E-state index contributed by atoms with van der Waals surface area (Å²) in [5.74, 6) is 1.31. The fourth-order valence-corrected chi connectivity index (χ4v) is 2.09. The number of ether oxygens (including phenoxy) is 1. The van der Waals surface area contributed by atoms with E-state index in [1.807, 2.05) is 50.2 Å².